The largest absolute Gasteiger partial charge is 0.492 e. The second-order valence-electron chi connectivity index (χ2n) is 7.76. The molecule has 1 heterocycles. The molecule has 3 aromatic carbocycles. The van der Waals surface area contributed by atoms with Gasteiger partial charge in [-0.15, -0.1) is 0 Å². The van der Waals surface area contributed by atoms with Gasteiger partial charge in [0.25, 0.3) is 0 Å². The molecule has 0 aliphatic carbocycles. The molecule has 0 atom stereocenters. The van der Waals surface area contributed by atoms with Gasteiger partial charge in [-0.1, -0.05) is 65.0 Å². The maximum Gasteiger partial charge on any atom is 0.308 e. The number of carbonyl (C=O) groups excluding carboxylic acids is 1. The van der Waals surface area contributed by atoms with Crippen LogP contribution in [0.3, 0.4) is 0 Å². The second kappa shape index (κ2) is 11.5. The van der Waals surface area contributed by atoms with Crippen LogP contribution in [0.15, 0.2) is 82.7 Å². The lowest BCUT2D eigenvalue weighted by molar-refractivity contribution is -0.140. The topological polar surface area (TPSA) is 79.1 Å². The SMILES string of the molecule is CO/N=C(\c1ccccc1)c1ccc2c(c1)sc(=O)n2CCOc1ccc(CCC(=O)OC)cc1. The Morgan fingerprint density at radius 2 is 1.74 bits per heavy atom. The van der Waals surface area contributed by atoms with E-state index in [4.69, 9.17) is 9.57 Å². The molecule has 4 rings (SSSR count). The molecule has 0 amide bonds. The van der Waals surface area contributed by atoms with Crippen LogP contribution in [0.2, 0.25) is 0 Å². The minimum absolute atomic E-state index is 0.0381. The van der Waals surface area contributed by atoms with E-state index in [-0.39, 0.29) is 10.8 Å². The molecule has 35 heavy (non-hydrogen) atoms. The summed E-state index contributed by atoms with van der Waals surface area (Å²) in [5.41, 5.74) is 4.41. The van der Waals surface area contributed by atoms with E-state index in [1.54, 1.807) is 4.57 Å². The number of ether oxygens (including phenoxy) is 2. The normalized spacial score (nSPS) is 11.4. The number of carbonyl (C=O) groups is 1. The fourth-order valence-electron chi connectivity index (χ4n) is 3.74. The molecule has 0 aliphatic heterocycles. The Morgan fingerprint density at radius 1 is 0.971 bits per heavy atom. The van der Waals surface area contributed by atoms with Gasteiger partial charge in [0.05, 0.1) is 23.9 Å². The molecule has 0 fully saturated rings. The minimum Gasteiger partial charge on any atom is -0.492 e. The van der Waals surface area contributed by atoms with Crippen molar-refractivity contribution in [3.63, 3.8) is 0 Å². The average molecular weight is 491 g/mol. The lowest BCUT2D eigenvalue weighted by Gasteiger charge is -2.09. The molecule has 7 nitrogen and oxygen atoms in total. The summed E-state index contributed by atoms with van der Waals surface area (Å²) in [7, 11) is 2.91. The third kappa shape index (κ3) is 5.96. The van der Waals surface area contributed by atoms with Crippen LogP contribution in [-0.4, -0.2) is 37.1 Å². The predicted octanol–water partition coefficient (Wildman–Crippen LogP) is 4.65. The van der Waals surface area contributed by atoms with Crippen molar-refractivity contribution in [1.82, 2.24) is 4.57 Å². The van der Waals surface area contributed by atoms with E-state index < -0.39 is 0 Å². The highest BCUT2D eigenvalue weighted by Crippen LogP contribution is 2.22. The van der Waals surface area contributed by atoms with E-state index in [2.05, 4.69) is 9.89 Å². The Hall–Kier alpha value is -3.91. The molecule has 0 unspecified atom stereocenters. The molecule has 0 N–H and O–H groups in total. The zero-order chi connectivity index (χ0) is 24.6. The number of aromatic nitrogens is 1. The summed E-state index contributed by atoms with van der Waals surface area (Å²) < 4.78 is 13.1. The van der Waals surface area contributed by atoms with E-state index in [0.717, 1.165) is 26.9 Å². The Balaban J connectivity index is 1.44. The van der Waals surface area contributed by atoms with E-state index in [1.807, 2.05) is 72.8 Å². The quantitative estimate of drug-likeness (QED) is 0.184. The number of oxime groups is 1. The highest BCUT2D eigenvalue weighted by molar-refractivity contribution is 7.16. The molecule has 0 bridgehead atoms. The predicted molar refractivity (Wildman–Crippen MR) is 137 cm³/mol. The van der Waals surface area contributed by atoms with Crippen molar-refractivity contribution in [3.8, 4) is 5.75 Å². The molecule has 8 heteroatoms. The highest BCUT2D eigenvalue weighted by Gasteiger charge is 2.13. The standard InChI is InChI=1S/C27H26N2O5S/c1-32-25(30)15-10-19-8-12-22(13-9-19)34-17-16-29-23-14-11-21(18-24(23)35-27(29)31)26(28-33-2)20-6-4-3-5-7-20/h3-9,11-14,18H,10,15-17H2,1-2H3/b28-26+. The fraction of sp³-hybridized carbons (Fsp3) is 0.222. The van der Waals surface area contributed by atoms with Crippen molar-refractivity contribution in [2.75, 3.05) is 20.8 Å². The summed E-state index contributed by atoms with van der Waals surface area (Å²) in [6.45, 7) is 0.787. The number of nitrogens with zero attached hydrogens (tertiary/aromatic N) is 2. The molecule has 180 valence electrons. The summed E-state index contributed by atoms with van der Waals surface area (Å²) in [4.78, 5) is 29.0. The van der Waals surface area contributed by atoms with Crippen LogP contribution in [0.4, 0.5) is 0 Å². The molecule has 0 saturated heterocycles. The van der Waals surface area contributed by atoms with Gasteiger partial charge in [-0.25, -0.2) is 0 Å². The maximum absolute atomic E-state index is 12.7. The number of esters is 1. The van der Waals surface area contributed by atoms with Crippen LogP contribution in [0.1, 0.15) is 23.1 Å². The van der Waals surface area contributed by atoms with Gasteiger partial charge in [-0.3, -0.25) is 14.2 Å². The lowest BCUT2D eigenvalue weighted by atomic mass is 10.0. The van der Waals surface area contributed by atoms with Gasteiger partial charge in [0.1, 0.15) is 25.2 Å². The van der Waals surface area contributed by atoms with Crippen LogP contribution in [0.25, 0.3) is 10.2 Å². The number of hydrogen-bond donors (Lipinski definition) is 0. The minimum atomic E-state index is -0.229. The summed E-state index contributed by atoms with van der Waals surface area (Å²) in [5.74, 6) is 0.484. The Labute approximate surface area is 207 Å². The van der Waals surface area contributed by atoms with Crippen molar-refractivity contribution in [3.05, 3.63) is 99.2 Å². The third-order valence-corrected chi connectivity index (χ3v) is 6.47. The van der Waals surface area contributed by atoms with Gasteiger partial charge in [0, 0.05) is 17.5 Å². The first kappa shape index (κ1) is 24.2. The van der Waals surface area contributed by atoms with Gasteiger partial charge < -0.3 is 14.3 Å². The van der Waals surface area contributed by atoms with Gasteiger partial charge in [-0.2, -0.15) is 0 Å². The zero-order valence-corrected chi connectivity index (χ0v) is 20.4. The Bertz CT molecular complexity index is 1370. The average Bonchev–Trinajstić information content (AvgIpc) is 3.21. The van der Waals surface area contributed by atoms with Crippen LogP contribution in [0, 0.1) is 0 Å². The van der Waals surface area contributed by atoms with Crippen LogP contribution in [-0.2, 0) is 27.3 Å². The molecule has 0 aliphatic rings. The number of thiazole rings is 1. The first-order chi connectivity index (χ1) is 17.1. The summed E-state index contributed by atoms with van der Waals surface area (Å²) >= 11 is 1.20. The van der Waals surface area contributed by atoms with Crippen molar-refractivity contribution in [2.24, 2.45) is 5.16 Å². The molecular weight excluding hydrogens is 464 g/mol. The number of methoxy groups -OCH3 is 1. The monoisotopic (exact) mass is 490 g/mol. The smallest absolute Gasteiger partial charge is 0.308 e. The molecule has 4 aromatic rings. The third-order valence-electron chi connectivity index (χ3n) is 5.52. The van der Waals surface area contributed by atoms with Crippen LogP contribution >= 0.6 is 11.3 Å². The number of rotatable bonds is 10. The van der Waals surface area contributed by atoms with Crippen molar-refractivity contribution in [2.45, 2.75) is 19.4 Å². The molecular formula is C27H26N2O5S. The van der Waals surface area contributed by atoms with Crippen LogP contribution in [0.5, 0.6) is 5.75 Å². The van der Waals surface area contributed by atoms with E-state index >= 15 is 0 Å². The number of hydrogen-bond acceptors (Lipinski definition) is 7. The van der Waals surface area contributed by atoms with Gasteiger partial charge in [0.15, 0.2) is 0 Å². The Morgan fingerprint density at radius 3 is 2.46 bits per heavy atom. The van der Waals surface area contributed by atoms with Crippen LogP contribution < -0.4 is 9.61 Å². The van der Waals surface area contributed by atoms with Crippen molar-refractivity contribution in [1.29, 1.82) is 0 Å². The van der Waals surface area contributed by atoms with Gasteiger partial charge in [0.2, 0.25) is 0 Å². The molecule has 0 spiro atoms. The summed E-state index contributed by atoms with van der Waals surface area (Å²) in [5, 5.41) is 4.21. The van der Waals surface area contributed by atoms with E-state index in [9.17, 15) is 9.59 Å². The molecule has 1 aromatic heterocycles. The first-order valence-electron chi connectivity index (χ1n) is 11.2. The van der Waals surface area contributed by atoms with Gasteiger partial charge in [-0.05, 0) is 36.2 Å². The number of benzene rings is 3. The van der Waals surface area contributed by atoms with E-state index in [1.165, 1.54) is 25.6 Å². The fourth-order valence-corrected chi connectivity index (χ4v) is 4.70. The second-order valence-corrected chi connectivity index (χ2v) is 8.75. The Kier molecular flexibility index (Phi) is 7.95. The number of fused-ring (bicyclic) bond motifs is 1. The van der Waals surface area contributed by atoms with E-state index in [0.29, 0.717) is 37.5 Å². The zero-order valence-electron chi connectivity index (χ0n) is 19.6. The summed E-state index contributed by atoms with van der Waals surface area (Å²) in [6, 6.07) is 23.2. The molecule has 0 radical (unpaired) electrons. The number of aryl methyl sites for hydroxylation is 1. The molecule has 0 saturated carbocycles. The lowest BCUT2D eigenvalue weighted by Crippen LogP contribution is -2.17. The first-order valence-corrected chi connectivity index (χ1v) is 12.0. The maximum atomic E-state index is 12.7. The highest BCUT2D eigenvalue weighted by atomic mass is 32.1. The van der Waals surface area contributed by atoms with Crippen molar-refractivity contribution < 1.29 is 19.1 Å². The summed E-state index contributed by atoms with van der Waals surface area (Å²) in [6.07, 6.45) is 0.961. The van der Waals surface area contributed by atoms with Gasteiger partial charge >= 0.3 is 10.8 Å². The van der Waals surface area contributed by atoms with Crippen molar-refractivity contribution >= 4 is 33.2 Å².